The van der Waals surface area contributed by atoms with Crippen molar-refractivity contribution in [1.29, 1.82) is 0 Å². The van der Waals surface area contributed by atoms with Gasteiger partial charge in [0.2, 0.25) is 0 Å². The third-order valence-corrected chi connectivity index (χ3v) is 3.62. The van der Waals surface area contributed by atoms with Crippen LogP contribution in [0.1, 0.15) is 24.8 Å². The molecule has 2 nitrogen and oxygen atoms in total. The van der Waals surface area contributed by atoms with Gasteiger partial charge in [0.25, 0.3) is 0 Å². The second-order valence-electron chi connectivity index (χ2n) is 5.13. The van der Waals surface area contributed by atoms with Crippen molar-refractivity contribution in [2.75, 3.05) is 33.2 Å². The van der Waals surface area contributed by atoms with E-state index in [2.05, 4.69) is 54.5 Å². The van der Waals surface area contributed by atoms with Gasteiger partial charge in [-0.1, -0.05) is 37.3 Å². The molecule has 0 amide bonds. The zero-order chi connectivity index (χ0) is 12.1. The van der Waals surface area contributed by atoms with Crippen LogP contribution in [0, 0.1) is 5.92 Å². The summed E-state index contributed by atoms with van der Waals surface area (Å²) in [4.78, 5) is 2.45. The molecule has 0 bridgehead atoms. The topological polar surface area (TPSA) is 15.3 Å². The maximum Gasteiger partial charge on any atom is 0.0104 e. The minimum absolute atomic E-state index is 0.817. The number of likely N-dealkylation sites (N-methyl/N-ethyl adjacent to an activating group) is 2. The second-order valence-corrected chi connectivity index (χ2v) is 5.13. The molecule has 2 rings (SSSR count). The molecule has 1 aromatic rings. The minimum Gasteiger partial charge on any atom is -0.316 e. The lowest BCUT2D eigenvalue weighted by Gasteiger charge is -2.16. The molecule has 1 aromatic carbocycles. The highest BCUT2D eigenvalue weighted by atomic mass is 15.1. The molecular formula is C15H24N2. The largest absolute Gasteiger partial charge is 0.316 e. The van der Waals surface area contributed by atoms with Gasteiger partial charge in [0, 0.05) is 19.6 Å². The number of rotatable bonds is 7. The Morgan fingerprint density at radius 2 is 2.06 bits per heavy atom. The zero-order valence-corrected chi connectivity index (χ0v) is 11.0. The van der Waals surface area contributed by atoms with Crippen LogP contribution in [-0.2, 0) is 0 Å². The van der Waals surface area contributed by atoms with Crippen LogP contribution in [0.25, 0.3) is 0 Å². The van der Waals surface area contributed by atoms with Crippen molar-refractivity contribution in [3.05, 3.63) is 35.9 Å². The molecule has 1 aliphatic rings. The summed E-state index contributed by atoms with van der Waals surface area (Å²) in [5.74, 6) is 1.70. The molecule has 94 valence electrons. The van der Waals surface area contributed by atoms with E-state index < -0.39 is 0 Å². The fourth-order valence-electron chi connectivity index (χ4n) is 2.50. The summed E-state index contributed by atoms with van der Waals surface area (Å²) in [7, 11) is 2.23. The molecule has 0 aromatic heterocycles. The van der Waals surface area contributed by atoms with Crippen LogP contribution in [0.3, 0.4) is 0 Å². The van der Waals surface area contributed by atoms with Crippen LogP contribution in [0.15, 0.2) is 30.3 Å². The highest BCUT2D eigenvalue weighted by Crippen LogP contribution is 2.47. The van der Waals surface area contributed by atoms with Gasteiger partial charge >= 0.3 is 0 Å². The van der Waals surface area contributed by atoms with Crippen molar-refractivity contribution in [3.63, 3.8) is 0 Å². The first-order valence-electron chi connectivity index (χ1n) is 6.75. The Kier molecular flexibility index (Phi) is 4.57. The number of nitrogens with zero attached hydrogens (tertiary/aromatic N) is 1. The lowest BCUT2D eigenvalue weighted by molar-refractivity contribution is 0.317. The van der Waals surface area contributed by atoms with Crippen LogP contribution >= 0.6 is 0 Å². The van der Waals surface area contributed by atoms with Crippen molar-refractivity contribution in [2.24, 2.45) is 5.92 Å². The maximum absolute atomic E-state index is 3.37. The molecule has 0 aliphatic heterocycles. The molecule has 0 spiro atoms. The fourth-order valence-corrected chi connectivity index (χ4v) is 2.50. The summed E-state index contributed by atoms with van der Waals surface area (Å²) in [6, 6.07) is 10.9. The van der Waals surface area contributed by atoms with E-state index in [0.717, 1.165) is 31.5 Å². The molecule has 2 unspecified atom stereocenters. The Morgan fingerprint density at radius 3 is 2.76 bits per heavy atom. The standard InChI is InChI=1S/C15H24N2/c1-3-16-9-10-17(2)12-14-11-15(14)13-7-5-4-6-8-13/h4-8,14-16H,3,9-12H2,1-2H3. The molecule has 1 aliphatic carbocycles. The van der Waals surface area contributed by atoms with Crippen molar-refractivity contribution >= 4 is 0 Å². The smallest absolute Gasteiger partial charge is 0.0104 e. The van der Waals surface area contributed by atoms with Gasteiger partial charge in [0.15, 0.2) is 0 Å². The van der Waals surface area contributed by atoms with E-state index in [1.165, 1.54) is 18.5 Å². The average Bonchev–Trinajstić information content (AvgIpc) is 3.10. The van der Waals surface area contributed by atoms with E-state index >= 15 is 0 Å². The normalized spacial score (nSPS) is 23.0. The first kappa shape index (κ1) is 12.6. The molecular weight excluding hydrogens is 208 g/mol. The highest BCUT2D eigenvalue weighted by molar-refractivity contribution is 5.25. The van der Waals surface area contributed by atoms with Crippen LogP contribution in [0.5, 0.6) is 0 Å². The van der Waals surface area contributed by atoms with Crippen LogP contribution in [-0.4, -0.2) is 38.1 Å². The monoisotopic (exact) mass is 232 g/mol. The van der Waals surface area contributed by atoms with Crippen molar-refractivity contribution < 1.29 is 0 Å². The fraction of sp³-hybridized carbons (Fsp3) is 0.600. The molecule has 0 saturated heterocycles. The molecule has 2 heteroatoms. The van der Waals surface area contributed by atoms with Crippen LogP contribution in [0.4, 0.5) is 0 Å². The Hall–Kier alpha value is -0.860. The number of hydrogen-bond donors (Lipinski definition) is 1. The Bertz CT molecular complexity index is 323. The molecule has 0 heterocycles. The van der Waals surface area contributed by atoms with Crippen molar-refractivity contribution in [1.82, 2.24) is 10.2 Å². The highest BCUT2D eigenvalue weighted by Gasteiger charge is 2.38. The summed E-state index contributed by atoms with van der Waals surface area (Å²) in [5, 5.41) is 3.37. The molecule has 1 fully saturated rings. The maximum atomic E-state index is 3.37. The Morgan fingerprint density at radius 1 is 1.29 bits per heavy atom. The van der Waals surface area contributed by atoms with E-state index in [1.807, 2.05) is 0 Å². The zero-order valence-electron chi connectivity index (χ0n) is 11.0. The van der Waals surface area contributed by atoms with E-state index in [0.29, 0.717) is 0 Å². The molecule has 0 radical (unpaired) electrons. The van der Waals surface area contributed by atoms with E-state index in [9.17, 15) is 0 Å². The van der Waals surface area contributed by atoms with Crippen molar-refractivity contribution in [2.45, 2.75) is 19.3 Å². The summed E-state index contributed by atoms with van der Waals surface area (Å²) in [6.45, 7) is 6.74. The number of hydrogen-bond acceptors (Lipinski definition) is 2. The lowest BCUT2D eigenvalue weighted by atomic mass is 10.1. The molecule has 17 heavy (non-hydrogen) atoms. The van der Waals surface area contributed by atoms with Gasteiger partial charge in [0.05, 0.1) is 0 Å². The number of benzene rings is 1. The lowest BCUT2D eigenvalue weighted by Crippen LogP contribution is -2.30. The average molecular weight is 232 g/mol. The summed E-state index contributed by atoms with van der Waals surface area (Å²) in [5.41, 5.74) is 1.53. The van der Waals surface area contributed by atoms with Crippen molar-refractivity contribution in [3.8, 4) is 0 Å². The van der Waals surface area contributed by atoms with Gasteiger partial charge in [-0.05, 0) is 37.4 Å². The first-order chi connectivity index (χ1) is 8.31. The SMILES string of the molecule is CCNCCN(C)CC1CC1c1ccccc1. The van der Waals surface area contributed by atoms with Gasteiger partial charge in [-0.3, -0.25) is 0 Å². The minimum atomic E-state index is 0.817. The van der Waals surface area contributed by atoms with Gasteiger partial charge in [-0.25, -0.2) is 0 Å². The van der Waals surface area contributed by atoms with Crippen LogP contribution < -0.4 is 5.32 Å². The third-order valence-electron chi connectivity index (χ3n) is 3.62. The Balaban J connectivity index is 1.69. The second kappa shape index (κ2) is 6.18. The van der Waals surface area contributed by atoms with E-state index in [-0.39, 0.29) is 0 Å². The Labute approximate surface area is 105 Å². The predicted molar refractivity (Wildman–Crippen MR) is 73.3 cm³/mol. The predicted octanol–water partition coefficient (Wildman–Crippen LogP) is 2.33. The van der Waals surface area contributed by atoms with E-state index in [1.54, 1.807) is 0 Å². The number of nitrogens with one attached hydrogen (secondary N) is 1. The van der Waals surface area contributed by atoms with Gasteiger partial charge in [-0.15, -0.1) is 0 Å². The third kappa shape index (κ3) is 3.83. The summed E-state index contributed by atoms with van der Waals surface area (Å²) in [6.07, 6.45) is 1.37. The summed E-state index contributed by atoms with van der Waals surface area (Å²) < 4.78 is 0. The molecule has 2 atom stereocenters. The van der Waals surface area contributed by atoms with E-state index in [4.69, 9.17) is 0 Å². The van der Waals surface area contributed by atoms with Gasteiger partial charge in [0.1, 0.15) is 0 Å². The molecule has 1 N–H and O–H groups in total. The van der Waals surface area contributed by atoms with Gasteiger partial charge < -0.3 is 10.2 Å². The summed E-state index contributed by atoms with van der Waals surface area (Å²) >= 11 is 0. The quantitative estimate of drug-likeness (QED) is 0.726. The van der Waals surface area contributed by atoms with Crippen LogP contribution in [0.2, 0.25) is 0 Å². The molecule has 1 saturated carbocycles. The first-order valence-corrected chi connectivity index (χ1v) is 6.75. The van der Waals surface area contributed by atoms with Gasteiger partial charge in [-0.2, -0.15) is 0 Å².